The standard InChI is InChI=1S/C13H15NO2/c1-8-2-4-9(5-3-8)14-12(7-15)10-6-11(10)13(14)16/h2-5,10-12,15H,6-7H2,1H3. The van der Waals surface area contributed by atoms with Gasteiger partial charge in [-0.15, -0.1) is 0 Å². The number of nitrogens with zero attached hydrogens (tertiary/aromatic N) is 1. The van der Waals surface area contributed by atoms with Gasteiger partial charge in [-0.3, -0.25) is 4.79 Å². The van der Waals surface area contributed by atoms with Gasteiger partial charge in [-0.25, -0.2) is 0 Å². The zero-order chi connectivity index (χ0) is 11.3. The van der Waals surface area contributed by atoms with Crippen molar-refractivity contribution in [1.29, 1.82) is 0 Å². The second kappa shape index (κ2) is 3.32. The minimum atomic E-state index is 0.000191. The fraction of sp³-hybridized carbons (Fsp3) is 0.462. The second-order valence-corrected chi connectivity index (χ2v) is 4.80. The SMILES string of the molecule is Cc1ccc(N2C(=O)C3CC3C2CO)cc1. The zero-order valence-corrected chi connectivity index (χ0v) is 9.26. The van der Waals surface area contributed by atoms with Crippen molar-refractivity contribution in [3.63, 3.8) is 0 Å². The Bertz CT molecular complexity index is 426. The number of benzene rings is 1. The molecule has 3 unspecified atom stereocenters. The molecule has 1 saturated carbocycles. The molecule has 1 N–H and O–H groups in total. The maximum Gasteiger partial charge on any atom is 0.230 e. The van der Waals surface area contributed by atoms with E-state index in [4.69, 9.17) is 0 Å². The average Bonchev–Trinajstić information content (AvgIpc) is 3.02. The third-order valence-electron chi connectivity index (χ3n) is 3.72. The lowest BCUT2D eigenvalue weighted by Gasteiger charge is -2.26. The molecule has 1 aliphatic carbocycles. The zero-order valence-electron chi connectivity index (χ0n) is 9.26. The molecule has 3 heteroatoms. The number of piperidine rings is 1. The summed E-state index contributed by atoms with van der Waals surface area (Å²) in [6.45, 7) is 2.09. The van der Waals surface area contributed by atoms with E-state index in [1.54, 1.807) is 4.90 Å². The highest BCUT2D eigenvalue weighted by Gasteiger charge is 2.58. The van der Waals surface area contributed by atoms with Gasteiger partial charge < -0.3 is 10.0 Å². The molecule has 1 amide bonds. The molecule has 1 heterocycles. The van der Waals surface area contributed by atoms with Crippen LogP contribution in [0.3, 0.4) is 0 Å². The van der Waals surface area contributed by atoms with Gasteiger partial charge in [-0.05, 0) is 31.4 Å². The van der Waals surface area contributed by atoms with Crippen LogP contribution >= 0.6 is 0 Å². The quantitative estimate of drug-likeness (QED) is 0.812. The lowest BCUT2D eigenvalue weighted by atomic mass is 10.1. The normalized spacial score (nSPS) is 31.8. The number of fused-ring (bicyclic) bond motifs is 1. The maximum absolute atomic E-state index is 12.0. The molecule has 16 heavy (non-hydrogen) atoms. The third kappa shape index (κ3) is 1.28. The number of amides is 1. The minimum Gasteiger partial charge on any atom is -0.394 e. The Labute approximate surface area is 94.7 Å². The Balaban J connectivity index is 1.94. The number of hydrogen-bond donors (Lipinski definition) is 1. The van der Waals surface area contributed by atoms with Gasteiger partial charge in [-0.1, -0.05) is 17.7 Å². The van der Waals surface area contributed by atoms with Crippen molar-refractivity contribution in [2.45, 2.75) is 19.4 Å². The number of hydrogen-bond acceptors (Lipinski definition) is 2. The van der Waals surface area contributed by atoms with Crippen LogP contribution in [0.25, 0.3) is 0 Å². The fourth-order valence-electron chi connectivity index (χ4n) is 2.70. The summed E-state index contributed by atoms with van der Waals surface area (Å²) in [4.78, 5) is 13.8. The number of aryl methyl sites for hydroxylation is 1. The minimum absolute atomic E-state index is 0.000191. The van der Waals surface area contributed by atoms with Gasteiger partial charge in [0.05, 0.1) is 12.6 Å². The summed E-state index contributed by atoms with van der Waals surface area (Å²) < 4.78 is 0. The number of carbonyl (C=O) groups excluding carboxylic acids is 1. The monoisotopic (exact) mass is 217 g/mol. The fourth-order valence-corrected chi connectivity index (χ4v) is 2.70. The van der Waals surface area contributed by atoms with Crippen molar-refractivity contribution in [2.24, 2.45) is 11.8 Å². The molecule has 0 spiro atoms. The van der Waals surface area contributed by atoms with E-state index < -0.39 is 0 Å². The molecule has 2 fully saturated rings. The van der Waals surface area contributed by atoms with Crippen LogP contribution in [0.5, 0.6) is 0 Å². The summed E-state index contributed by atoms with van der Waals surface area (Å²) in [7, 11) is 0. The van der Waals surface area contributed by atoms with E-state index in [0.29, 0.717) is 5.92 Å². The highest BCUT2D eigenvalue weighted by Crippen LogP contribution is 2.51. The van der Waals surface area contributed by atoms with Crippen molar-refractivity contribution in [2.75, 3.05) is 11.5 Å². The molecule has 84 valence electrons. The van der Waals surface area contributed by atoms with Gasteiger partial charge in [-0.2, -0.15) is 0 Å². The molecule has 2 aliphatic rings. The Morgan fingerprint density at radius 1 is 1.38 bits per heavy atom. The van der Waals surface area contributed by atoms with Crippen LogP contribution in [0.4, 0.5) is 5.69 Å². The van der Waals surface area contributed by atoms with Gasteiger partial charge >= 0.3 is 0 Å². The van der Waals surface area contributed by atoms with Gasteiger partial charge in [0.2, 0.25) is 5.91 Å². The maximum atomic E-state index is 12.0. The molecule has 3 rings (SSSR count). The molecule has 3 atom stereocenters. The summed E-state index contributed by atoms with van der Waals surface area (Å²) in [5, 5.41) is 9.37. The molecular formula is C13H15NO2. The van der Waals surface area contributed by atoms with E-state index in [2.05, 4.69) is 0 Å². The van der Waals surface area contributed by atoms with Crippen molar-refractivity contribution in [3.8, 4) is 0 Å². The summed E-state index contributed by atoms with van der Waals surface area (Å²) in [6, 6.07) is 7.92. The lowest BCUT2D eigenvalue weighted by molar-refractivity contribution is -0.119. The number of rotatable bonds is 2. The summed E-state index contributed by atoms with van der Waals surface area (Å²) in [5.74, 6) is 0.755. The molecule has 0 radical (unpaired) electrons. The van der Waals surface area contributed by atoms with E-state index in [9.17, 15) is 9.90 Å². The Morgan fingerprint density at radius 2 is 2.06 bits per heavy atom. The average molecular weight is 217 g/mol. The van der Waals surface area contributed by atoms with E-state index in [0.717, 1.165) is 12.1 Å². The molecule has 3 nitrogen and oxygen atoms in total. The highest BCUT2D eigenvalue weighted by molar-refractivity contribution is 6.00. The molecule has 1 aromatic carbocycles. The largest absolute Gasteiger partial charge is 0.394 e. The van der Waals surface area contributed by atoms with Crippen molar-refractivity contribution in [3.05, 3.63) is 29.8 Å². The first kappa shape index (κ1) is 9.85. The second-order valence-electron chi connectivity index (χ2n) is 4.80. The first-order chi connectivity index (χ1) is 7.72. The molecule has 1 aromatic rings. The number of aliphatic hydroxyl groups excluding tert-OH is 1. The summed E-state index contributed by atoms with van der Waals surface area (Å²) >= 11 is 0. The Hall–Kier alpha value is -1.35. The third-order valence-corrected chi connectivity index (χ3v) is 3.72. The summed E-state index contributed by atoms with van der Waals surface area (Å²) in [6.07, 6.45) is 0.965. The molecule has 0 aromatic heterocycles. The number of aliphatic hydroxyl groups is 1. The van der Waals surface area contributed by atoms with Crippen LogP contribution in [0.15, 0.2) is 24.3 Å². The summed E-state index contributed by atoms with van der Waals surface area (Å²) in [5.41, 5.74) is 2.10. The lowest BCUT2D eigenvalue weighted by Crippen LogP contribution is -2.39. The van der Waals surface area contributed by atoms with Crippen LogP contribution in [0, 0.1) is 18.8 Å². The van der Waals surface area contributed by atoms with Crippen LogP contribution < -0.4 is 4.90 Å². The van der Waals surface area contributed by atoms with Crippen molar-refractivity contribution >= 4 is 11.6 Å². The Morgan fingerprint density at radius 3 is 2.69 bits per heavy atom. The first-order valence-corrected chi connectivity index (χ1v) is 5.73. The molecule has 1 aliphatic heterocycles. The molecular weight excluding hydrogens is 202 g/mol. The van der Waals surface area contributed by atoms with Crippen LogP contribution in [-0.4, -0.2) is 23.7 Å². The van der Waals surface area contributed by atoms with E-state index >= 15 is 0 Å². The van der Waals surface area contributed by atoms with Crippen molar-refractivity contribution in [1.82, 2.24) is 0 Å². The van der Waals surface area contributed by atoms with Crippen molar-refractivity contribution < 1.29 is 9.90 Å². The molecule has 1 saturated heterocycles. The van der Waals surface area contributed by atoms with Gasteiger partial charge in [0.1, 0.15) is 0 Å². The van der Waals surface area contributed by atoms with Crippen LogP contribution in [0.1, 0.15) is 12.0 Å². The van der Waals surface area contributed by atoms with E-state index in [-0.39, 0.29) is 24.5 Å². The van der Waals surface area contributed by atoms with Gasteiger partial charge in [0.25, 0.3) is 0 Å². The Kier molecular flexibility index (Phi) is 2.04. The smallest absolute Gasteiger partial charge is 0.230 e. The predicted molar refractivity (Wildman–Crippen MR) is 61.1 cm³/mol. The van der Waals surface area contributed by atoms with Gasteiger partial charge in [0, 0.05) is 11.6 Å². The van der Waals surface area contributed by atoms with Crippen LogP contribution in [0.2, 0.25) is 0 Å². The number of carbonyl (C=O) groups is 1. The highest BCUT2D eigenvalue weighted by atomic mass is 16.3. The van der Waals surface area contributed by atoms with E-state index in [1.165, 1.54) is 5.56 Å². The predicted octanol–water partition coefficient (Wildman–Crippen LogP) is 1.34. The molecule has 0 bridgehead atoms. The first-order valence-electron chi connectivity index (χ1n) is 5.73. The number of anilines is 1. The topological polar surface area (TPSA) is 40.5 Å². The van der Waals surface area contributed by atoms with E-state index in [1.807, 2.05) is 31.2 Å². The van der Waals surface area contributed by atoms with Gasteiger partial charge in [0.15, 0.2) is 0 Å². The van der Waals surface area contributed by atoms with Crippen LogP contribution in [-0.2, 0) is 4.79 Å².